The standard InChI is InChI=1S/C16H15FN2O2S/c1-19(16(20)15-6-3-7-22-15)10-13-9-14(18-21-13)11-4-2-5-12(17)8-11/h2-8,13H,9-10H2,1H3/t13-/m0/s1. The van der Waals surface area contributed by atoms with Crippen LogP contribution in [0.15, 0.2) is 46.9 Å². The van der Waals surface area contributed by atoms with Gasteiger partial charge in [0.15, 0.2) is 6.10 Å². The van der Waals surface area contributed by atoms with Crippen LogP contribution in [0.3, 0.4) is 0 Å². The van der Waals surface area contributed by atoms with Gasteiger partial charge in [-0.05, 0) is 23.6 Å². The first-order valence-electron chi connectivity index (χ1n) is 6.91. The predicted octanol–water partition coefficient (Wildman–Crippen LogP) is 3.15. The van der Waals surface area contributed by atoms with Crippen LogP contribution in [0.5, 0.6) is 0 Å². The maximum atomic E-state index is 13.2. The number of benzene rings is 1. The molecule has 1 amide bonds. The Bertz CT molecular complexity index is 700. The second-order valence-electron chi connectivity index (χ2n) is 5.14. The predicted molar refractivity (Wildman–Crippen MR) is 83.7 cm³/mol. The lowest BCUT2D eigenvalue weighted by Gasteiger charge is -2.19. The van der Waals surface area contributed by atoms with Crippen LogP contribution in [0.4, 0.5) is 4.39 Å². The van der Waals surface area contributed by atoms with Crippen molar-refractivity contribution in [3.05, 3.63) is 58.0 Å². The number of likely N-dealkylation sites (N-methyl/N-ethyl adjacent to an activating group) is 1. The Morgan fingerprint density at radius 3 is 3.05 bits per heavy atom. The summed E-state index contributed by atoms with van der Waals surface area (Å²) >= 11 is 1.41. The number of halogens is 1. The van der Waals surface area contributed by atoms with Gasteiger partial charge in [0, 0.05) is 19.0 Å². The number of oxime groups is 1. The van der Waals surface area contributed by atoms with Gasteiger partial charge in [-0.25, -0.2) is 4.39 Å². The quantitative estimate of drug-likeness (QED) is 0.869. The molecule has 0 bridgehead atoms. The van der Waals surface area contributed by atoms with E-state index in [-0.39, 0.29) is 17.8 Å². The summed E-state index contributed by atoms with van der Waals surface area (Å²) in [7, 11) is 1.74. The summed E-state index contributed by atoms with van der Waals surface area (Å²) in [6.07, 6.45) is 0.359. The molecular formula is C16H15FN2O2S. The molecule has 1 aliphatic rings. The van der Waals surface area contributed by atoms with Crippen LogP contribution in [0.1, 0.15) is 21.7 Å². The monoisotopic (exact) mass is 318 g/mol. The molecule has 6 heteroatoms. The largest absolute Gasteiger partial charge is 0.390 e. The van der Waals surface area contributed by atoms with Crippen molar-refractivity contribution in [2.24, 2.45) is 5.16 Å². The molecule has 2 heterocycles. The second-order valence-corrected chi connectivity index (χ2v) is 6.09. The molecule has 2 aromatic rings. The molecule has 0 unspecified atom stereocenters. The smallest absolute Gasteiger partial charge is 0.263 e. The Morgan fingerprint density at radius 2 is 2.32 bits per heavy atom. The highest BCUT2D eigenvalue weighted by Gasteiger charge is 2.25. The zero-order chi connectivity index (χ0) is 15.5. The van der Waals surface area contributed by atoms with Crippen LogP contribution in [0.2, 0.25) is 0 Å². The Morgan fingerprint density at radius 1 is 1.45 bits per heavy atom. The molecule has 4 nitrogen and oxygen atoms in total. The number of amides is 1. The van der Waals surface area contributed by atoms with E-state index in [4.69, 9.17) is 4.84 Å². The number of carbonyl (C=O) groups is 1. The van der Waals surface area contributed by atoms with Gasteiger partial charge in [0.25, 0.3) is 5.91 Å². The first kappa shape index (κ1) is 14.7. The summed E-state index contributed by atoms with van der Waals surface area (Å²) in [5.41, 5.74) is 1.43. The highest BCUT2D eigenvalue weighted by molar-refractivity contribution is 7.12. The first-order chi connectivity index (χ1) is 10.6. The molecule has 3 rings (SSSR count). The van der Waals surface area contributed by atoms with E-state index in [9.17, 15) is 9.18 Å². The minimum absolute atomic E-state index is 0.0298. The highest BCUT2D eigenvalue weighted by Crippen LogP contribution is 2.19. The van der Waals surface area contributed by atoms with E-state index < -0.39 is 0 Å². The lowest BCUT2D eigenvalue weighted by atomic mass is 10.0. The van der Waals surface area contributed by atoms with E-state index in [2.05, 4.69) is 5.16 Å². The molecule has 0 N–H and O–H groups in total. The molecule has 0 radical (unpaired) electrons. The van der Waals surface area contributed by atoms with Crippen LogP contribution in [0.25, 0.3) is 0 Å². The molecule has 1 aliphatic heterocycles. The Hall–Kier alpha value is -2.21. The highest BCUT2D eigenvalue weighted by atomic mass is 32.1. The van der Waals surface area contributed by atoms with Crippen molar-refractivity contribution < 1.29 is 14.0 Å². The molecule has 0 fully saturated rings. The number of hydrogen-bond donors (Lipinski definition) is 0. The number of rotatable bonds is 4. The van der Waals surface area contributed by atoms with Gasteiger partial charge < -0.3 is 9.74 Å². The number of nitrogens with zero attached hydrogens (tertiary/aromatic N) is 2. The van der Waals surface area contributed by atoms with Gasteiger partial charge in [0.1, 0.15) is 5.82 Å². The molecular weight excluding hydrogens is 303 g/mol. The summed E-state index contributed by atoms with van der Waals surface area (Å²) in [5.74, 6) is -0.327. The molecule has 0 spiro atoms. The van der Waals surface area contributed by atoms with Crippen molar-refractivity contribution in [1.29, 1.82) is 0 Å². The van der Waals surface area contributed by atoms with E-state index in [1.807, 2.05) is 11.4 Å². The molecule has 1 atom stereocenters. The van der Waals surface area contributed by atoms with E-state index >= 15 is 0 Å². The summed E-state index contributed by atoms with van der Waals surface area (Å²) in [5, 5.41) is 5.89. The molecule has 0 saturated heterocycles. The fraction of sp³-hybridized carbons (Fsp3) is 0.250. The molecule has 0 saturated carbocycles. The van der Waals surface area contributed by atoms with Crippen LogP contribution in [-0.4, -0.2) is 36.2 Å². The minimum atomic E-state index is -0.298. The third-order valence-electron chi connectivity index (χ3n) is 3.45. The van der Waals surface area contributed by atoms with Crippen molar-refractivity contribution >= 4 is 23.0 Å². The molecule has 0 aliphatic carbocycles. The van der Waals surface area contributed by atoms with Crippen molar-refractivity contribution in [3.63, 3.8) is 0 Å². The van der Waals surface area contributed by atoms with E-state index in [1.54, 1.807) is 30.1 Å². The van der Waals surface area contributed by atoms with Crippen molar-refractivity contribution in [2.75, 3.05) is 13.6 Å². The third-order valence-corrected chi connectivity index (χ3v) is 4.30. The van der Waals surface area contributed by atoms with Gasteiger partial charge in [-0.15, -0.1) is 11.3 Å². The zero-order valence-corrected chi connectivity index (χ0v) is 12.8. The lowest BCUT2D eigenvalue weighted by Crippen LogP contribution is -2.34. The van der Waals surface area contributed by atoms with Gasteiger partial charge in [-0.3, -0.25) is 4.79 Å². The average Bonchev–Trinajstić information content (AvgIpc) is 3.18. The summed E-state index contributed by atoms with van der Waals surface area (Å²) < 4.78 is 13.2. The van der Waals surface area contributed by atoms with Crippen LogP contribution >= 0.6 is 11.3 Å². The lowest BCUT2D eigenvalue weighted by molar-refractivity contribution is 0.0485. The normalized spacial score (nSPS) is 17.0. The zero-order valence-electron chi connectivity index (χ0n) is 12.0. The van der Waals surface area contributed by atoms with E-state index in [0.717, 1.165) is 5.56 Å². The van der Waals surface area contributed by atoms with Gasteiger partial charge >= 0.3 is 0 Å². The topological polar surface area (TPSA) is 41.9 Å². The van der Waals surface area contributed by atoms with Crippen molar-refractivity contribution in [2.45, 2.75) is 12.5 Å². The second kappa shape index (κ2) is 6.27. The Balaban J connectivity index is 1.59. The molecule has 1 aromatic heterocycles. The average molecular weight is 318 g/mol. The first-order valence-corrected chi connectivity index (χ1v) is 7.79. The maximum absolute atomic E-state index is 13.2. The molecule has 22 heavy (non-hydrogen) atoms. The number of carbonyl (C=O) groups excluding carboxylic acids is 1. The van der Waals surface area contributed by atoms with Crippen LogP contribution in [-0.2, 0) is 4.84 Å². The minimum Gasteiger partial charge on any atom is -0.390 e. The molecule has 114 valence electrons. The maximum Gasteiger partial charge on any atom is 0.263 e. The van der Waals surface area contributed by atoms with Gasteiger partial charge in [0.05, 0.1) is 17.1 Å². The summed E-state index contributed by atoms with van der Waals surface area (Å²) in [6.45, 7) is 0.444. The van der Waals surface area contributed by atoms with Crippen LogP contribution in [0, 0.1) is 5.82 Å². The van der Waals surface area contributed by atoms with Gasteiger partial charge in [-0.1, -0.05) is 23.4 Å². The van der Waals surface area contributed by atoms with Crippen molar-refractivity contribution in [1.82, 2.24) is 4.90 Å². The van der Waals surface area contributed by atoms with Crippen molar-refractivity contribution in [3.8, 4) is 0 Å². The molecule has 1 aromatic carbocycles. The number of thiophene rings is 1. The van der Waals surface area contributed by atoms with Gasteiger partial charge in [0.2, 0.25) is 0 Å². The van der Waals surface area contributed by atoms with E-state index in [1.165, 1.54) is 23.5 Å². The summed E-state index contributed by atoms with van der Waals surface area (Å²) in [6, 6.07) is 9.92. The van der Waals surface area contributed by atoms with E-state index in [0.29, 0.717) is 23.6 Å². The summed E-state index contributed by atoms with van der Waals surface area (Å²) in [4.78, 5) is 19.9. The Labute approximate surface area is 131 Å². The fourth-order valence-corrected chi connectivity index (χ4v) is 3.06. The van der Waals surface area contributed by atoms with Crippen LogP contribution < -0.4 is 0 Å². The van der Waals surface area contributed by atoms with Gasteiger partial charge in [-0.2, -0.15) is 0 Å². The third kappa shape index (κ3) is 3.17. The fourth-order valence-electron chi connectivity index (χ4n) is 2.34. The SMILES string of the molecule is CN(C[C@@H]1CC(c2cccc(F)c2)=NO1)C(=O)c1cccs1. The number of hydrogen-bond acceptors (Lipinski definition) is 4. The Kier molecular flexibility index (Phi) is 4.20.